The summed E-state index contributed by atoms with van der Waals surface area (Å²) >= 11 is 0. The summed E-state index contributed by atoms with van der Waals surface area (Å²) in [6.07, 6.45) is 3.89. The van der Waals surface area contributed by atoms with Crippen LogP contribution in [0.5, 0.6) is 0 Å². The van der Waals surface area contributed by atoms with Gasteiger partial charge in [-0.3, -0.25) is 4.79 Å². The van der Waals surface area contributed by atoms with E-state index in [1.807, 2.05) is 0 Å². The lowest BCUT2D eigenvalue weighted by atomic mass is 9.43. The molecule has 6 aliphatic rings. The van der Waals surface area contributed by atoms with Crippen molar-refractivity contribution >= 4 is 12.1 Å². The Morgan fingerprint density at radius 1 is 1.05 bits per heavy atom. The fourth-order valence-electron chi connectivity index (χ4n) is 12.3. The molecular weight excluding hydrogens is 524 g/mol. The van der Waals surface area contributed by atoms with Gasteiger partial charge in [-0.05, 0) is 105 Å². The maximum absolute atomic E-state index is 12.3. The van der Waals surface area contributed by atoms with Crippen molar-refractivity contribution in [2.24, 2.45) is 56.8 Å². The Balaban J connectivity index is 1.32. The molecule has 0 aromatic rings. The quantitative estimate of drug-likeness (QED) is 0.370. The van der Waals surface area contributed by atoms with Crippen molar-refractivity contribution in [1.29, 1.82) is 0 Å². The van der Waals surface area contributed by atoms with Gasteiger partial charge in [0.15, 0.2) is 6.10 Å². The van der Waals surface area contributed by atoms with Gasteiger partial charge in [0, 0.05) is 12.3 Å². The van der Waals surface area contributed by atoms with Gasteiger partial charge in [-0.2, -0.15) is 0 Å². The van der Waals surface area contributed by atoms with Crippen LogP contribution in [0, 0.1) is 45.3 Å². The average molecular weight is 577 g/mol. The largest absolute Gasteiger partial charge is 0.457 e. The molecule has 1 heterocycles. The van der Waals surface area contributed by atoms with E-state index in [1.54, 1.807) is 13.8 Å². The first kappa shape index (κ1) is 29.6. The number of primary amides is 1. The molecule has 6 N–H and O–H groups in total. The van der Waals surface area contributed by atoms with Crippen LogP contribution in [-0.4, -0.2) is 63.9 Å². The van der Waals surface area contributed by atoms with Gasteiger partial charge in [-0.1, -0.05) is 27.7 Å². The molecule has 232 valence electrons. The number of hydrogen-bond acceptors (Lipinski definition) is 8. The molecule has 6 fully saturated rings. The lowest BCUT2D eigenvalue weighted by Crippen LogP contribution is -2.70. The molecule has 41 heavy (non-hydrogen) atoms. The molecule has 1 saturated heterocycles. The number of amides is 1. The van der Waals surface area contributed by atoms with Gasteiger partial charge in [0.05, 0.1) is 29.5 Å². The predicted molar refractivity (Wildman–Crippen MR) is 151 cm³/mol. The summed E-state index contributed by atoms with van der Waals surface area (Å²) in [5.41, 5.74) is 10.7. The van der Waals surface area contributed by atoms with E-state index in [1.165, 1.54) is 6.92 Å². The van der Waals surface area contributed by atoms with Crippen molar-refractivity contribution in [3.63, 3.8) is 0 Å². The minimum absolute atomic E-state index is 0.0689. The Kier molecular flexibility index (Phi) is 6.38. The van der Waals surface area contributed by atoms with Crippen LogP contribution in [0.15, 0.2) is 0 Å². The average Bonchev–Trinajstić information content (AvgIpc) is 3.48. The zero-order chi connectivity index (χ0) is 30.1. The highest BCUT2D eigenvalue weighted by atomic mass is 16.6. The molecule has 0 radical (unpaired) electrons. The highest BCUT2D eigenvalue weighted by Crippen LogP contribution is 2.87. The molecule has 1 aliphatic heterocycles. The summed E-state index contributed by atoms with van der Waals surface area (Å²) in [4.78, 5) is 23.7. The zero-order valence-electron chi connectivity index (χ0n) is 25.9. The lowest BCUT2D eigenvalue weighted by molar-refractivity contribution is -0.216. The van der Waals surface area contributed by atoms with Gasteiger partial charge < -0.3 is 35.9 Å². The summed E-state index contributed by atoms with van der Waals surface area (Å²) in [6.45, 7) is 13.6. The van der Waals surface area contributed by atoms with Crippen molar-refractivity contribution in [2.75, 3.05) is 0 Å². The van der Waals surface area contributed by atoms with Crippen LogP contribution in [0.2, 0.25) is 0 Å². The van der Waals surface area contributed by atoms with E-state index >= 15 is 0 Å². The molecule has 0 bridgehead atoms. The second-order valence-electron chi connectivity index (χ2n) is 16.3. The molecule has 13 atom stereocenters. The fourth-order valence-corrected chi connectivity index (χ4v) is 12.3. The number of ether oxygens (including phenoxy) is 3. The van der Waals surface area contributed by atoms with E-state index in [0.717, 1.165) is 44.9 Å². The Morgan fingerprint density at radius 2 is 1.68 bits per heavy atom. The number of aliphatic hydroxyl groups is 2. The third-order valence-electron chi connectivity index (χ3n) is 13.8. The van der Waals surface area contributed by atoms with Crippen molar-refractivity contribution in [2.45, 2.75) is 141 Å². The SMILES string of the molecule is CC(=O)OC(C1C[C@@H](C)[C@H]2[C@H](O1)[C@H](O)[C@@]1(N)C3CC[C@H]4C(C)(C)C(OC(N)=O)CCC45CC35CCC21C)C(C)(C)O. The van der Waals surface area contributed by atoms with Crippen LogP contribution in [-0.2, 0) is 19.0 Å². The number of carbonyl (C=O) groups is 2. The summed E-state index contributed by atoms with van der Waals surface area (Å²) in [5.74, 6) is 0.356. The molecule has 9 nitrogen and oxygen atoms in total. The van der Waals surface area contributed by atoms with Gasteiger partial charge in [0.25, 0.3) is 0 Å². The molecular formula is C32H52N2O7. The first-order valence-corrected chi connectivity index (χ1v) is 15.8. The third-order valence-corrected chi connectivity index (χ3v) is 13.8. The van der Waals surface area contributed by atoms with E-state index in [0.29, 0.717) is 12.3 Å². The van der Waals surface area contributed by atoms with Gasteiger partial charge in [0.2, 0.25) is 0 Å². The van der Waals surface area contributed by atoms with Crippen LogP contribution in [0.25, 0.3) is 0 Å². The normalized spacial score (nSPS) is 52.0. The number of carbonyl (C=O) groups excluding carboxylic acids is 2. The standard InChI is InChI=1S/C32H52N2O7/c1-16-14-18(25(28(5,6)38)39-17(2)35)40-23-22(16)29(7)12-13-31-15-30(31)11-10-21(41-26(33)37)27(3,4)19(30)8-9-20(31)32(29,34)24(23)36/h16,18-25,36,38H,8-15,34H2,1-7H3,(H2,33,37)/t16-,18?,19+,20?,21?,22+,23+,24+,25?,29?,30?,31?,32+/m1/s1. The maximum Gasteiger partial charge on any atom is 0.404 e. The topological polar surface area (TPSA) is 154 Å². The zero-order valence-corrected chi connectivity index (χ0v) is 25.9. The molecule has 0 aromatic heterocycles. The lowest BCUT2D eigenvalue weighted by Gasteiger charge is -2.63. The first-order valence-electron chi connectivity index (χ1n) is 15.8. The minimum atomic E-state index is -1.30. The van der Waals surface area contributed by atoms with Crippen LogP contribution in [0.1, 0.15) is 99.8 Å². The smallest absolute Gasteiger partial charge is 0.404 e. The number of nitrogens with two attached hydrogens (primary N) is 2. The highest BCUT2D eigenvalue weighted by Gasteiger charge is 2.85. The molecule has 1 amide bonds. The molecule has 9 heteroatoms. The fraction of sp³-hybridized carbons (Fsp3) is 0.938. The maximum atomic E-state index is 12.3. The van der Waals surface area contributed by atoms with Crippen molar-refractivity contribution in [3.8, 4) is 0 Å². The Bertz CT molecular complexity index is 1120. The van der Waals surface area contributed by atoms with Gasteiger partial charge in [-0.25, -0.2) is 4.79 Å². The van der Waals surface area contributed by atoms with E-state index in [9.17, 15) is 19.8 Å². The summed E-state index contributed by atoms with van der Waals surface area (Å²) in [6, 6.07) is 0. The van der Waals surface area contributed by atoms with Crippen LogP contribution in [0.4, 0.5) is 4.79 Å². The number of esters is 1. The van der Waals surface area contributed by atoms with Gasteiger partial charge >= 0.3 is 12.1 Å². The summed E-state index contributed by atoms with van der Waals surface area (Å²) < 4.78 is 17.9. The predicted octanol–water partition coefficient (Wildman–Crippen LogP) is 3.66. The Morgan fingerprint density at radius 3 is 2.29 bits per heavy atom. The number of rotatable bonds is 4. The second kappa shape index (κ2) is 8.82. The molecule has 7 unspecified atom stereocenters. The number of aliphatic hydroxyl groups excluding tert-OH is 1. The second-order valence-corrected chi connectivity index (χ2v) is 16.3. The van der Waals surface area contributed by atoms with Crippen LogP contribution >= 0.6 is 0 Å². The van der Waals surface area contributed by atoms with Crippen molar-refractivity contribution < 1.29 is 34.0 Å². The van der Waals surface area contributed by atoms with Crippen molar-refractivity contribution in [1.82, 2.24) is 0 Å². The highest BCUT2D eigenvalue weighted by molar-refractivity contribution is 5.66. The van der Waals surface area contributed by atoms with Crippen molar-refractivity contribution in [3.05, 3.63) is 0 Å². The van der Waals surface area contributed by atoms with E-state index in [-0.39, 0.29) is 45.5 Å². The van der Waals surface area contributed by atoms with Crippen LogP contribution in [0.3, 0.4) is 0 Å². The van der Waals surface area contributed by atoms with Crippen LogP contribution < -0.4 is 11.5 Å². The first-order chi connectivity index (χ1) is 18.9. The van der Waals surface area contributed by atoms with Gasteiger partial charge in [0.1, 0.15) is 6.10 Å². The van der Waals surface area contributed by atoms with E-state index < -0.39 is 47.6 Å². The number of fused-ring (bicyclic) bond motifs is 4. The third kappa shape index (κ3) is 3.67. The molecule has 2 spiro atoms. The molecule has 5 aliphatic carbocycles. The number of hydrogen-bond donors (Lipinski definition) is 4. The Hall–Kier alpha value is -1.42. The molecule has 6 rings (SSSR count). The van der Waals surface area contributed by atoms with Gasteiger partial charge in [-0.15, -0.1) is 0 Å². The Labute approximate surface area is 244 Å². The minimum Gasteiger partial charge on any atom is -0.457 e. The molecule has 0 aromatic carbocycles. The molecule has 5 saturated carbocycles. The summed E-state index contributed by atoms with van der Waals surface area (Å²) in [5, 5.41) is 23.2. The summed E-state index contributed by atoms with van der Waals surface area (Å²) in [7, 11) is 0. The van der Waals surface area contributed by atoms with E-state index in [4.69, 9.17) is 25.7 Å². The monoisotopic (exact) mass is 576 g/mol. The van der Waals surface area contributed by atoms with E-state index in [2.05, 4.69) is 27.7 Å².